The molecule has 1 aliphatic heterocycles. The summed E-state index contributed by atoms with van der Waals surface area (Å²) in [6, 6.07) is 0. The van der Waals surface area contributed by atoms with Crippen molar-refractivity contribution in [3.05, 3.63) is 0 Å². The maximum atomic E-state index is 11.9. The van der Waals surface area contributed by atoms with Crippen LogP contribution in [0.3, 0.4) is 0 Å². The minimum absolute atomic E-state index is 0.124. The van der Waals surface area contributed by atoms with Crippen LogP contribution in [-0.4, -0.2) is 42.1 Å². The Morgan fingerprint density at radius 2 is 2.36 bits per heavy atom. The number of hydrogen-bond acceptors (Lipinski definition) is 3. The Kier molecular flexibility index (Phi) is 2.49. The van der Waals surface area contributed by atoms with E-state index in [0.717, 1.165) is 19.3 Å². The lowest BCUT2D eigenvalue weighted by Crippen LogP contribution is -2.52. The number of nitrogens with zero attached hydrogens (tertiary/aromatic N) is 1. The molecule has 1 saturated carbocycles. The van der Waals surface area contributed by atoms with Crippen LogP contribution in [0.5, 0.6) is 0 Å². The van der Waals surface area contributed by atoms with Crippen LogP contribution >= 0.6 is 0 Å². The lowest BCUT2D eigenvalue weighted by Gasteiger charge is -2.34. The third-order valence-corrected chi connectivity index (χ3v) is 3.10. The first-order valence-electron chi connectivity index (χ1n) is 5.35. The van der Waals surface area contributed by atoms with Crippen LogP contribution in [0, 0.1) is 0 Å². The molecule has 2 fully saturated rings. The van der Waals surface area contributed by atoms with Gasteiger partial charge in [0.05, 0.1) is 18.2 Å². The quantitative estimate of drug-likeness (QED) is 0.685. The molecule has 1 atom stereocenters. The zero-order chi connectivity index (χ0) is 10.2. The van der Waals surface area contributed by atoms with E-state index >= 15 is 0 Å². The van der Waals surface area contributed by atoms with Crippen molar-refractivity contribution >= 4 is 5.91 Å². The van der Waals surface area contributed by atoms with Gasteiger partial charge in [0.15, 0.2) is 0 Å². The highest BCUT2D eigenvalue weighted by Gasteiger charge is 2.48. The standard InChI is InChI=1S/C10H18N2O2/c1-2-8-7-12(5-6-14-8)9(13)10(11)3-4-10/h8H,2-7,11H2,1H3. The van der Waals surface area contributed by atoms with Gasteiger partial charge in [0.1, 0.15) is 0 Å². The second-order valence-electron chi connectivity index (χ2n) is 4.31. The van der Waals surface area contributed by atoms with E-state index in [1.807, 2.05) is 4.90 Å². The van der Waals surface area contributed by atoms with Crippen molar-refractivity contribution in [3.8, 4) is 0 Å². The molecule has 0 aromatic carbocycles. The molecule has 0 bridgehead atoms. The van der Waals surface area contributed by atoms with Crippen molar-refractivity contribution in [1.29, 1.82) is 0 Å². The molecule has 1 heterocycles. The fraction of sp³-hybridized carbons (Fsp3) is 0.900. The largest absolute Gasteiger partial charge is 0.375 e. The topological polar surface area (TPSA) is 55.6 Å². The zero-order valence-corrected chi connectivity index (χ0v) is 8.66. The predicted octanol–water partition coefficient (Wildman–Crippen LogP) is 0.115. The van der Waals surface area contributed by atoms with Crippen molar-refractivity contribution in [2.24, 2.45) is 5.73 Å². The lowest BCUT2D eigenvalue weighted by molar-refractivity contribution is -0.141. The minimum atomic E-state index is -0.518. The third-order valence-electron chi connectivity index (χ3n) is 3.10. The number of morpholine rings is 1. The summed E-state index contributed by atoms with van der Waals surface area (Å²) in [6.45, 7) is 4.15. The fourth-order valence-electron chi connectivity index (χ4n) is 1.81. The van der Waals surface area contributed by atoms with Gasteiger partial charge in [-0.15, -0.1) is 0 Å². The first-order chi connectivity index (χ1) is 6.65. The Labute approximate surface area is 84.4 Å². The minimum Gasteiger partial charge on any atom is -0.375 e. The first kappa shape index (κ1) is 9.93. The molecule has 1 saturated heterocycles. The third kappa shape index (κ3) is 1.77. The molecular formula is C10H18N2O2. The fourth-order valence-corrected chi connectivity index (χ4v) is 1.81. The van der Waals surface area contributed by atoms with Crippen LogP contribution in [0.1, 0.15) is 26.2 Å². The second kappa shape index (κ2) is 3.51. The molecule has 0 aromatic rings. The maximum Gasteiger partial charge on any atom is 0.242 e. The van der Waals surface area contributed by atoms with E-state index in [1.54, 1.807) is 0 Å². The lowest BCUT2D eigenvalue weighted by atomic mass is 10.2. The Bertz CT molecular complexity index is 238. The summed E-state index contributed by atoms with van der Waals surface area (Å²) >= 11 is 0. The van der Waals surface area contributed by atoms with E-state index in [2.05, 4.69) is 6.92 Å². The van der Waals surface area contributed by atoms with Gasteiger partial charge in [-0.1, -0.05) is 6.92 Å². The molecule has 4 nitrogen and oxygen atoms in total. The van der Waals surface area contributed by atoms with E-state index in [9.17, 15) is 4.79 Å². The maximum absolute atomic E-state index is 11.9. The smallest absolute Gasteiger partial charge is 0.242 e. The molecule has 2 rings (SSSR count). The number of ether oxygens (including phenoxy) is 1. The number of rotatable bonds is 2. The Morgan fingerprint density at radius 1 is 1.64 bits per heavy atom. The summed E-state index contributed by atoms with van der Waals surface area (Å²) in [5, 5.41) is 0. The van der Waals surface area contributed by atoms with Gasteiger partial charge in [-0.05, 0) is 19.3 Å². The van der Waals surface area contributed by atoms with Crippen molar-refractivity contribution in [2.45, 2.75) is 37.8 Å². The van der Waals surface area contributed by atoms with E-state index in [4.69, 9.17) is 10.5 Å². The monoisotopic (exact) mass is 198 g/mol. The van der Waals surface area contributed by atoms with Crippen LogP contribution in [0.4, 0.5) is 0 Å². The summed E-state index contributed by atoms with van der Waals surface area (Å²) < 4.78 is 5.51. The first-order valence-corrected chi connectivity index (χ1v) is 5.35. The molecule has 0 spiro atoms. The molecule has 1 aliphatic carbocycles. The van der Waals surface area contributed by atoms with Crippen molar-refractivity contribution in [3.63, 3.8) is 0 Å². The van der Waals surface area contributed by atoms with E-state index in [0.29, 0.717) is 19.7 Å². The van der Waals surface area contributed by atoms with Gasteiger partial charge in [0.2, 0.25) is 5.91 Å². The van der Waals surface area contributed by atoms with Gasteiger partial charge in [-0.2, -0.15) is 0 Å². The summed E-state index contributed by atoms with van der Waals surface area (Å²) in [7, 11) is 0. The highest BCUT2D eigenvalue weighted by atomic mass is 16.5. The molecule has 2 aliphatic rings. The number of amides is 1. The normalized spacial score (nSPS) is 30.1. The molecule has 4 heteroatoms. The summed E-state index contributed by atoms with van der Waals surface area (Å²) in [6.07, 6.45) is 2.86. The molecule has 0 radical (unpaired) electrons. The van der Waals surface area contributed by atoms with Gasteiger partial charge in [-0.25, -0.2) is 0 Å². The van der Waals surface area contributed by atoms with Crippen LogP contribution in [0.2, 0.25) is 0 Å². The SMILES string of the molecule is CCC1CN(C(=O)C2(N)CC2)CCO1. The number of carbonyl (C=O) groups excluding carboxylic acids is 1. The highest BCUT2D eigenvalue weighted by Crippen LogP contribution is 2.34. The van der Waals surface area contributed by atoms with Gasteiger partial charge >= 0.3 is 0 Å². The van der Waals surface area contributed by atoms with Crippen molar-refractivity contribution in [2.75, 3.05) is 19.7 Å². The number of hydrogen-bond donors (Lipinski definition) is 1. The predicted molar refractivity (Wildman–Crippen MR) is 52.8 cm³/mol. The molecular weight excluding hydrogens is 180 g/mol. The van der Waals surface area contributed by atoms with E-state index < -0.39 is 5.54 Å². The van der Waals surface area contributed by atoms with Crippen molar-refractivity contribution < 1.29 is 9.53 Å². The summed E-state index contributed by atoms with van der Waals surface area (Å²) in [5.41, 5.74) is 5.36. The van der Waals surface area contributed by atoms with Gasteiger partial charge in [0, 0.05) is 13.1 Å². The van der Waals surface area contributed by atoms with E-state index in [-0.39, 0.29) is 12.0 Å². The number of nitrogens with two attached hydrogens (primary N) is 1. The van der Waals surface area contributed by atoms with Gasteiger partial charge < -0.3 is 15.4 Å². The summed E-state index contributed by atoms with van der Waals surface area (Å²) in [4.78, 5) is 13.8. The zero-order valence-electron chi connectivity index (χ0n) is 8.66. The number of carbonyl (C=O) groups is 1. The van der Waals surface area contributed by atoms with Crippen LogP contribution in [-0.2, 0) is 9.53 Å². The molecule has 1 amide bonds. The Hall–Kier alpha value is -0.610. The highest BCUT2D eigenvalue weighted by molar-refractivity contribution is 5.89. The Balaban J connectivity index is 1.93. The average Bonchev–Trinajstić information content (AvgIpc) is 2.97. The molecule has 2 N–H and O–H groups in total. The molecule has 1 unspecified atom stereocenters. The van der Waals surface area contributed by atoms with Gasteiger partial charge in [0.25, 0.3) is 0 Å². The molecule has 0 aromatic heterocycles. The van der Waals surface area contributed by atoms with E-state index in [1.165, 1.54) is 0 Å². The van der Waals surface area contributed by atoms with Gasteiger partial charge in [-0.3, -0.25) is 4.79 Å². The average molecular weight is 198 g/mol. The molecule has 14 heavy (non-hydrogen) atoms. The molecule has 80 valence electrons. The van der Waals surface area contributed by atoms with Crippen LogP contribution in [0.25, 0.3) is 0 Å². The van der Waals surface area contributed by atoms with Crippen LogP contribution in [0.15, 0.2) is 0 Å². The Morgan fingerprint density at radius 3 is 2.93 bits per heavy atom. The second-order valence-corrected chi connectivity index (χ2v) is 4.31. The van der Waals surface area contributed by atoms with Crippen molar-refractivity contribution in [1.82, 2.24) is 4.90 Å². The summed E-state index contributed by atoms with van der Waals surface area (Å²) in [5.74, 6) is 0.124. The van der Waals surface area contributed by atoms with Crippen LogP contribution < -0.4 is 5.73 Å².